The van der Waals surface area contributed by atoms with Gasteiger partial charge in [-0.3, -0.25) is 0 Å². The van der Waals surface area contributed by atoms with Crippen LogP contribution in [0.2, 0.25) is 0 Å². The molecule has 0 unspecified atom stereocenters. The molecule has 0 aromatic heterocycles. The average Bonchev–Trinajstić information content (AvgIpc) is 2.26. The lowest BCUT2D eigenvalue weighted by Gasteiger charge is -2.10. The molecule has 0 bridgehead atoms. The van der Waals surface area contributed by atoms with E-state index in [1.165, 1.54) is 13.2 Å². The summed E-state index contributed by atoms with van der Waals surface area (Å²) in [6.07, 6.45) is 0. The first-order chi connectivity index (χ1) is 7.51. The van der Waals surface area contributed by atoms with Crippen molar-refractivity contribution in [3.63, 3.8) is 0 Å². The van der Waals surface area contributed by atoms with Crippen LogP contribution in [0.1, 0.15) is 31.8 Å². The Balaban J connectivity index is 3.44. The molecular weight excluding hydrogens is 210 g/mol. The average molecular weight is 223 g/mol. The van der Waals surface area contributed by atoms with E-state index >= 15 is 0 Å². The Kier molecular flexibility index (Phi) is 3.63. The molecule has 0 saturated carbocycles. The zero-order valence-electron chi connectivity index (χ0n) is 9.37. The maximum absolute atomic E-state index is 11.5. The predicted molar refractivity (Wildman–Crippen MR) is 56.9 cm³/mol. The molecule has 5 nitrogen and oxygen atoms in total. The second kappa shape index (κ2) is 4.76. The smallest absolute Gasteiger partial charge is 0.357 e. The van der Waals surface area contributed by atoms with Gasteiger partial charge in [-0.05, 0) is 31.0 Å². The molecule has 1 aromatic rings. The Morgan fingerprint density at radius 3 is 2.31 bits per heavy atom. The molecule has 1 aromatic carbocycles. The number of hydrogen-bond donors (Lipinski definition) is 1. The van der Waals surface area contributed by atoms with E-state index in [-0.39, 0.29) is 11.1 Å². The summed E-state index contributed by atoms with van der Waals surface area (Å²) >= 11 is 0. The minimum absolute atomic E-state index is 0.117. The van der Waals surface area contributed by atoms with Gasteiger partial charge in [-0.25, -0.2) is 9.59 Å². The van der Waals surface area contributed by atoms with Crippen LogP contribution in [0.25, 0.3) is 0 Å². The molecule has 0 amide bonds. The molecule has 0 aliphatic rings. The molecule has 86 valence electrons. The summed E-state index contributed by atoms with van der Waals surface area (Å²) in [7, 11) is 1.25. The number of carbonyl (C=O) groups excluding carboxylic acids is 2. The third-order valence-electron chi connectivity index (χ3n) is 2.20. The molecule has 1 rings (SSSR count). The number of ether oxygens (including phenoxy) is 1. The van der Waals surface area contributed by atoms with Crippen molar-refractivity contribution in [2.75, 3.05) is 7.11 Å². The number of aryl methyl sites for hydroxylation is 2. The zero-order chi connectivity index (χ0) is 12.3. The number of hydrogen-bond acceptors (Lipinski definition) is 5. The number of nitrogens with two attached hydrogens (primary N) is 1. The third-order valence-corrected chi connectivity index (χ3v) is 2.20. The van der Waals surface area contributed by atoms with Crippen LogP contribution < -0.4 is 5.90 Å². The first-order valence-corrected chi connectivity index (χ1v) is 4.62. The first kappa shape index (κ1) is 12.2. The molecule has 0 saturated heterocycles. The van der Waals surface area contributed by atoms with E-state index in [4.69, 9.17) is 5.90 Å². The minimum atomic E-state index is -0.757. The molecule has 5 heteroatoms. The Labute approximate surface area is 93.1 Å². The van der Waals surface area contributed by atoms with Gasteiger partial charge in [0.25, 0.3) is 0 Å². The second-order valence-electron chi connectivity index (χ2n) is 3.40. The van der Waals surface area contributed by atoms with Gasteiger partial charge in [0.1, 0.15) is 0 Å². The van der Waals surface area contributed by atoms with Gasteiger partial charge in [-0.2, -0.15) is 5.90 Å². The van der Waals surface area contributed by atoms with Gasteiger partial charge >= 0.3 is 11.9 Å². The van der Waals surface area contributed by atoms with Crippen molar-refractivity contribution in [2.24, 2.45) is 5.90 Å². The minimum Gasteiger partial charge on any atom is -0.465 e. The van der Waals surface area contributed by atoms with Gasteiger partial charge in [0.15, 0.2) is 0 Å². The number of carbonyl (C=O) groups is 2. The number of methoxy groups -OCH3 is 1. The maximum atomic E-state index is 11.5. The largest absolute Gasteiger partial charge is 0.465 e. The van der Waals surface area contributed by atoms with Crippen molar-refractivity contribution < 1.29 is 19.2 Å². The van der Waals surface area contributed by atoms with E-state index in [1.54, 1.807) is 19.9 Å². The monoisotopic (exact) mass is 223 g/mol. The van der Waals surface area contributed by atoms with E-state index in [0.29, 0.717) is 5.56 Å². The Morgan fingerprint density at radius 2 is 1.81 bits per heavy atom. The van der Waals surface area contributed by atoms with Crippen LogP contribution in [0.3, 0.4) is 0 Å². The fourth-order valence-electron chi connectivity index (χ4n) is 1.57. The fraction of sp³-hybridized carbons (Fsp3) is 0.273. The standard InChI is InChI=1S/C11H13NO4/c1-6-4-7(2)9(11(14)15-3)8(5-6)10(13)16-12/h4-5H,12H2,1-3H3. The summed E-state index contributed by atoms with van der Waals surface area (Å²) in [6.45, 7) is 3.52. The van der Waals surface area contributed by atoms with Gasteiger partial charge in [0.2, 0.25) is 0 Å². The van der Waals surface area contributed by atoms with Crippen LogP contribution in [0, 0.1) is 13.8 Å². The van der Waals surface area contributed by atoms with E-state index in [2.05, 4.69) is 9.57 Å². The van der Waals surface area contributed by atoms with Crippen molar-refractivity contribution in [2.45, 2.75) is 13.8 Å². The molecule has 0 heterocycles. The molecule has 0 fully saturated rings. The topological polar surface area (TPSA) is 78.6 Å². The summed E-state index contributed by atoms with van der Waals surface area (Å²) in [5, 5.41) is 0. The van der Waals surface area contributed by atoms with E-state index in [0.717, 1.165) is 5.56 Å². The molecule has 0 radical (unpaired) electrons. The van der Waals surface area contributed by atoms with Crippen LogP contribution in [-0.4, -0.2) is 19.0 Å². The molecule has 0 aliphatic heterocycles. The van der Waals surface area contributed by atoms with Crippen LogP contribution in [0.15, 0.2) is 12.1 Å². The highest BCUT2D eigenvalue weighted by molar-refractivity contribution is 6.04. The van der Waals surface area contributed by atoms with Crippen LogP contribution in [0.5, 0.6) is 0 Å². The normalized spacial score (nSPS) is 9.75. The lowest BCUT2D eigenvalue weighted by Crippen LogP contribution is -2.17. The second-order valence-corrected chi connectivity index (χ2v) is 3.40. The summed E-state index contributed by atoms with van der Waals surface area (Å²) in [5.74, 6) is 3.47. The third kappa shape index (κ3) is 2.20. The van der Waals surface area contributed by atoms with Gasteiger partial charge < -0.3 is 9.57 Å². The lowest BCUT2D eigenvalue weighted by atomic mass is 9.99. The molecule has 0 spiro atoms. The Hall–Kier alpha value is -1.88. The van der Waals surface area contributed by atoms with Crippen molar-refractivity contribution >= 4 is 11.9 Å². The van der Waals surface area contributed by atoms with Gasteiger partial charge in [-0.1, -0.05) is 6.07 Å². The van der Waals surface area contributed by atoms with Crippen LogP contribution >= 0.6 is 0 Å². The molecule has 16 heavy (non-hydrogen) atoms. The lowest BCUT2D eigenvalue weighted by molar-refractivity contribution is 0.0484. The Bertz CT molecular complexity index is 440. The van der Waals surface area contributed by atoms with Crippen LogP contribution in [-0.2, 0) is 9.57 Å². The highest BCUT2D eigenvalue weighted by Crippen LogP contribution is 2.18. The van der Waals surface area contributed by atoms with E-state index in [1.807, 2.05) is 0 Å². The summed E-state index contributed by atoms with van der Waals surface area (Å²) in [5.41, 5.74) is 1.79. The van der Waals surface area contributed by atoms with E-state index < -0.39 is 11.9 Å². The quantitative estimate of drug-likeness (QED) is 0.600. The highest BCUT2D eigenvalue weighted by atomic mass is 16.7. The highest BCUT2D eigenvalue weighted by Gasteiger charge is 2.21. The number of esters is 1. The predicted octanol–water partition coefficient (Wildman–Crippen LogP) is 1.12. The molecule has 2 N–H and O–H groups in total. The summed E-state index contributed by atoms with van der Waals surface area (Å²) in [4.78, 5) is 27.1. The fourth-order valence-corrected chi connectivity index (χ4v) is 1.57. The first-order valence-electron chi connectivity index (χ1n) is 4.62. The van der Waals surface area contributed by atoms with Crippen molar-refractivity contribution in [1.29, 1.82) is 0 Å². The number of rotatable bonds is 2. The molecular formula is C11H13NO4. The van der Waals surface area contributed by atoms with Crippen molar-refractivity contribution in [3.05, 3.63) is 34.4 Å². The summed E-state index contributed by atoms with van der Waals surface area (Å²) < 4.78 is 4.60. The zero-order valence-corrected chi connectivity index (χ0v) is 9.37. The van der Waals surface area contributed by atoms with Gasteiger partial charge in [0.05, 0.1) is 18.2 Å². The van der Waals surface area contributed by atoms with Crippen LogP contribution in [0.4, 0.5) is 0 Å². The SMILES string of the molecule is COC(=O)c1c(C)cc(C)cc1C(=O)ON. The Morgan fingerprint density at radius 1 is 1.19 bits per heavy atom. The maximum Gasteiger partial charge on any atom is 0.357 e. The number of benzene rings is 1. The molecule has 0 atom stereocenters. The van der Waals surface area contributed by atoms with Gasteiger partial charge in [0, 0.05) is 0 Å². The van der Waals surface area contributed by atoms with Crippen molar-refractivity contribution in [1.82, 2.24) is 0 Å². The van der Waals surface area contributed by atoms with Gasteiger partial charge in [-0.15, -0.1) is 0 Å². The molecule has 0 aliphatic carbocycles. The summed E-state index contributed by atoms with van der Waals surface area (Å²) in [6, 6.07) is 3.31. The van der Waals surface area contributed by atoms with E-state index in [9.17, 15) is 9.59 Å². The van der Waals surface area contributed by atoms with Crippen molar-refractivity contribution in [3.8, 4) is 0 Å².